The molecule has 1 heterocycles. The van der Waals surface area contributed by atoms with Crippen molar-refractivity contribution >= 4 is 29.9 Å². The molecular weight excluding hydrogens is 529 g/mol. The van der Waals surface area contributed by atoms with Gasteiger partial charge >= 0.3 is 0 Å². The number of rotatable bonds is 12. The van der Waals surface area contributed by atoms with Crippen LogP contribution in [0.4, 0.5) is 0 Å². The van der Waals surface area contributed by atoms with Gasteiger partial charge in [-0.2, -0.15) is 0 Å². The van der Waals surface area contributed by atoms with E-state index in [9.17, 15) is 0 Å². The molecule has 190 valence electrons. The van der Waals surface area contributed by atoms with Gasteiger partial charge in [-0.3, -0.25) is 4.90 Å². The second-order valence-electron chi connectivity index (χ2n) is 8.88. The van der Waals surface area contributed by atoms with Gasteiger partial charge in [0.15, 0.2) is 5.96 Å². The number of aryl methyl sites for hydroxylation is 1. The molecule has 2 rings (SSSR count). The van der Waals surface area contributed by atoms with E-state index in [0.29, 0.717) is 38.3 Å². The summed E-state index contributed by atoms with van der Waals surface area (Å²) in [5.41, 5.74) is 2.27. The number of ether oxygens (including phenoxy) is 2. The predicted molar refractivity (Wildman–Crippen MR) is 149 cm³/mol. The predicted octanol–water partition coefficient (Wildman–Crippen LogP) is 3.36. The van der Waals surface area contributed by atoms with Crippen LogP contribution in [0.25, 0.3) is 0 Å². The molecule has 1 saturated heterocycles. The first-order valence-corrected chi connectivity index (χ1v) is 12.2. The molecule has 1 aromatic carbocycles. The number of nitrogens with zero attached hydrogens (tertiary/aromatic N) is 3. The van der Waals surface area contributed by atoms with Crippen molar-refractivity contribution in [3.05, 3.63) is 29.3 Å². The van der Waals surface area contributed by atoms with Gasteiger partial charge in [0.2, 0.25) is 0 Å². The molecule has 1 unspecified atom stereocenters. The van der Waals surface area contributed by atoms with Crippen LogP contribution in [0.1, 0.15) is 38.8 Å². The van der Waals surface area contributed by atoms with Gasteiger partial charge in [0.05, 0.1) is 13.2 Å². The highest BCUT2D eigenvalue weighted by Gasteiger charge is 2.25. The van der Waals surface area contributed by atoms with Crippen LogP contribution in [0.2, 0.25) is 0 Å². The Balaban J connectivity index is 0.00000544. The maximum absolute atomic E-state index is 5.98. The molecule has 33 heavy (non-hydrogen) atoms. The summed E-state index contributed by atoms with van der Waals surface area (Å²) < 4.78 is 11.4. The number of halogens is 1. The summed E-state index contributed by atoms with van der Waals surface area (Å²) in [6.07, 6.45) is 0. The Labute approximate surface area is 218 Å². The molecule has 0 aromatic heterocycles. The van der Waals surface area contributed by atoms with Crippen LogP contribution in [-0.2, 0) is 11.3 Å². The van der Waals surface area contributed by atoms with E-state index in [1.54, 1.807) is 0 Å². The minimum atomic E-state index is 0. The Morgan fingerprint density at radius 1 is 1.09 bits per heavy atom. The number of benzene rings is 1. The van der Waals surface area contributed by atoms with Gasteiger partial charge in [-0.25, -0.2) is 4.99 Å². The average Bonchev–Trinajstić information content (AvgIpc) is 2.77. The highest BCUT2D eigenvalue weighted by atomic mass is 127. The van der Waals surface area contributed by atoms with Gasteiger partial charge < -0.3 is 25.0 Å². The summed E-state index contributed by atoms with van der Waals surface area (Å²) in [5, 5.41) is 6.99. The Hall–Kier alpha value is -1.10. The molecular formula is C25H46IN5O2. The zero-order chi connectivity index (χ0) is 23.3. The van der Waals surface area contributed by atoms with Crippen LogP contribution in [0.15, 0.2) is 23.2 Å². The molecule has 8 heteroatoms. The maximum atomic E-state index is 5.98. The number of nitrogens with one attached hydrogen (secondary N) is 2. The quantitative estimate of drug-likeness (QED) is 0.173. The third-order valence-electron chi connectivity index (χ3n) is 5.92. The topological polar surface area (TPSA) is 61.4 Å². The molecule has 1 atom stereocenters. The number of piperazine rings is 1. The fourth-order valence-corrected chi connectivity index (χ4v) is 3.93. The van der Waals surface area contributed by atoms with Crippen LogP contribution in [0.3, 0.4) is 0 Å². The van der Waals surface area contributed by atoms with Crippen molar-refractivity contribution in [2.24, 2.45) is 10.9 Å². The number of hydrogen-bond acceptors (Lipinski definition) is 5. The SMILES string of the molecule is CCNC(=NCc1ccc(C)cc1OCCOCC)NCC(C(C)C)N1CCN(C)CC1.I. The number of hydrogen-bond donors (Lipinski definition) is 2. The number of guanidine groups is 1. The summed E-state index contributed by atoms with van der Waals surface area (Å²) in [7, 11) is 2.20. The van der Waals surface area contributed by atoms with Gasteiger partial charge in [-0.15, -0.1) is 24.0 Å². The lowest BCUT2D eigenvalue weighted by atomic mass is 10.0. The van der Waals surface area contributed by atoms with E-state index in [-0.39, 0.29) is 24.0 Å². The largest absolute Gasteiger partial charge is 0.491 e. The minimum absolute atomic E-state index is 0. The van der Waals surface area contributed by atoms with Crippen LogP contribution in [0, 0.1) is 12.8 Å². The van der Waals surface area contributed by atoms with Gasteiger partial charge in [-0.1, -0.05) is 26.0 Å². The first kappa shape index (κ1) is 29.9. The normalized spacial score (nSPS) is 16.4. The molecule has 0 saturated carbocycles. The number of likely N-dealkylation sites (N-methyl/N-ethyl adjacent to an activating group) is 1. The highest BCUT2D eigenvalue weighted by molar-refractivity contribution is 14.0. The molecule has 0 bridgehead atoms. The molecule has 1 aliphatic heterocycles. The minimum Gasteiger partial charge on any atom is -0.491 e. The zero-order valence-corrected chi connectivity index (χ0v) is 23.9. The van der Waals surface area contributed by atoms with Crippen molar-refractivity contribution in [1.82, 2.24) is 20.4 Å². The Morgan fingerprint density at radius 3 is 2.45 bits per heavy atom. The van der Waals surface area contributed by atoms with Crippen LogP contribution in [0.5, 0.6) is 5.75 Å². The van der Waals surface area contributed by atoms with Gasteiger partial charge in [0.25, 0.3) is 0 Å². The number of aliphatic imine (C=N–C) groups is 1. The molecule has 0 aliphatic carbocycles. The van der Waals surface area contributed by atoms with E-state index in [4.69, 9.17) is 14.5 Å². The third kappa shape index (κ3) is 10.8. The van der Waals surface area contributed by atoms with Crippen molar-refractivity contribution in [2.75, 3.05) is 66.1 Å². The molecule has 2 N–H and O–H groups in total. The lowest BCUT2D eigenvalue weighted by Crippen LogP contribution is -2.55. The molecule has 0 spiro atoms. The maximum Gasteiger partial charge on any atom is 0.191 e. The fourth-order valence-electron chi connectivity index (χ4n) is 3.93. The van der Waals surface area contributed by atoms with E-state index >= 15 is 0 Å². The van der Waals surface area contributed by atoms with Crippen molar-refractivity contribution in [3.63, 3.8) is 0 Å². The summed E-state index contributed by atoms with van der Waals surface area (Å²) >= 11 is 0. The molecule has 0 radical (unpaired) electrons. The van der Waals surface area contributed by atoms with Crippen LogP contribution < -0.4 is 15.4 Å². The Bertz CT molecular complexity index is 693. The smallest absolute Gasteiger partial charge is 0.191 e. The summed E-state index contributed by atoms with van der Waals surface area (Å²) in [4.78, 5) is 9.89. The van der Waals surface area contributed by atoms with Crippen LogP contribution >= 0.6 is 24.0 Å². The van der Waals surface area contributed by atoms with Gasteiger partial charge in [0.1, 0.15) is 12.4 Å². The van der Waals surface area contributed by atoms with E-state index in [0.717, 1.165) is 56.5 Å². The van der Waals surface area contributed by atoms with E-state index in [2.05, 4.69) is 73.4 Å². The van der Waals surface area contributed by atoms with Gasteiger partial charge in [-0.05, 0) is 45.4 Å². The van der Waals surface area contributed by atoms with Crippen molar-refractivity contribution in [1.29, 1.82) is 0 Å². The molecule has 7 nitrogen and oxygen atoms in total. The van der Waals surface area contributed by atoms with E-state index in [1.807, 2.05) is 6.92 Å². The average molecular weight is 576 g/mol. The highest BCUT2D eigenvalue weighted by Crippen LogP contribution is 2.21. The first-order valence-electron chi connectivity index (χ1n) is 12.2. The second kappa shape index (κ2) is 16.5. The second-order valence-corrected chi connectivity index (χ2v) is 8.88. The lowest BCUT2D eigenvalue weighted by Gasteiger charge is -2.40. The van der Waals surface area contributed by atoms with Crippen LogP contribution in [-0.4, -0.2) is 87.9 Å². The zero-order valence-electron chi connectivity index (χ0n) is 21.5. The monoisotopic (exact) mass is 575 g/mol. The Kier molecular flexibility index (Phi) is 15.0. The van der Waals surface area contributed by atoms with E-state index < -0.39 is 0 Å². The summed E-state index contributed by atoms with van der Waals surface area (Å²) in [5.74, 6) is 2.33. The fraction of sp³-hybridized carbons (Fsp3) is 0.720. The van der Waals surface area contributed by atoms with Crippen molar-refractivity contribution < 1.29 is 9.47 Å². The Morgan fingerprint density at radius 2 is 1.82 bits per heavy atom. The molecule has 1 aromatic rings. The van der Waals surface area contributed by atoms with Crippen molar-refractivity contribution in [3.8, 4) is 5.75 Å². The van der Waals surface area contributed by atoms with Gasteiger partial charge in [0, 0.05) is 57.5 Å². The molecule has 1 fully saturated rings. The summed E-state index contributed by atoms with van der Waals surface area (Å²) in [6, 6.07) is 6.80. The molecule has 1 aliphatic rings. The third-order valence-corrected chi connectivity index (χ3v) is 5.92. The lowest BCUT2D eigenvalue weighted by molar-refractivity contribution is 0.0900. The van der Waals surface area contributed by atoms with Crippen molar-refractivity contribution in [2.45, 2.75) is 47.2 Å². The standard InChI is InChI=1S/C25H45N5O2.HI/c1-7-26-25(28-19-23(20(3)4)30-13-11-29(6)12-14-30)27-18-22-10-9-21(5)17-24(22)32-16-15-31-8-2;/h9-10,17,20,23H,7-8,11-16,18-19H2,1-6H3,(H2,26,27,28);1H. The van der Waals surface area contributed by atoms with E-state index in [1.165, 1.54) is 5.56 Å². The molecule has 0 amide bonds. The first-order chi connectivity index (χ1) is 15.4. The summed E-state index contributed by atoms with van der Waals surface area (Å²) in [6.45, 7) is 19.5.